The number of halogens is 1. The van der Waals surface area contributed by atoms with Gasteiger partial charge in [0.1, 0.15) is 5.75 Å². The molecule has 0 heterocycles. The van der Waals surface area contributed by atoms with Crippen LogP contribution >= 0.6 is 11.6 Å². The molecule has 0 aromatic heterocycles. The fraction of sp³-hybridized carbons (Fsp3) is 0.562. The molecule has 1 aromatic carbocycles. The van der Waals surface area contributed by atoms with Gasteiger partial charge in [-0.05, 0) is 49.9 Å². The lowest BCUT2D eigenvalue weighted by Crippen LogP contribution is -2.30. The molecule has 0 aliphatic heterocycles. The Morgan fingerprint density at radius 3 is 2.85 bits per heavy atom. The second kappa shape index (κ2) is 7.53. The smallest absolute Gasteiger partial charge is 0.223 e. The third-order valence-corrected chi connectivity index (χ3v) is 3.98. The number of rotatable bonds is 6. The Hall–Kier alpha value is -1.22. The fourth-order valence-corrected chi connectivity index (χ4v) is 2.80. The van der Waals surface area contributed by atoms with Crippen molar-refractivity contribution in [2.75, 3.05) is 13.2 Å². The zero-order valence-corrected chi connectivity index (χ0v) is 12.7. The maximum atomic E-state index is 11.8. The fourth-order valence-electron chi connectivity index (χ4n) is 2.57. The molecule has 1 fully saturated rings. The number of amides is 1. The molecule has 0 unspecified atom stereocenters. The summed E-state index contributed by atoms with van der Waals surface area (Å²) in [6, 6.07) is 5.60. The van der Waals surface area contributed by atoms with Crippen LogP contribution in [0, 0.1) is 12.8 Å². The molecule has 110 valence electrons. The predicted molar refractivity (Wildman–Crippen MR) is 81.3 cm³/mol. The number of carbonyl (C=O) groups excluding carboxylic acids is 1. The summed E-state index contributed by atoms with van der Waals surface area (Å²) in [6.45, 7) is 3.26. The van der Waals surface area contributed by atoms with E-state index in [-0.39, 0.29) is 11.8 Å². The summed E-state index contributed by atoms with van der Waals surface area (Å²) in [7, 11) is 0. The summed E-state index contributed by atoms with van der Waals surface area (Å²) in [4.78, 5) is 11.8. The van der Waals surface area contributed by atoms with Crippen molar-refractivity contribution in [3.63, 3.8) is 0 Å². The molecule has 0 spiro atoms. The quantitative estimate of drug-likeness (QED) is 0.812. The van der Waals surface area contributed by atoms with Gasteiger partial charge in [-0.25, -0.2) is 0 Å². The lowest BCUT2D eigenvalue weighted by Gasteiger charge is -2.11. The summed E-state index contributed by atoms with van der Waals surface area (Å²) < 4.78 is 5.69. The van der Waals surface area contributed by atoms with Crippen LogP contribution < -0.4 is 10.1 Å². The first-order valence-corrected chi connectivity index (χ1v) is 7.71. The van der Waals surface area contributed by atoms with Gasteiger partial charge in [0.25, 0.3) is 0 Å². The van der Waals surface area contributed by atoms with Crippen molar-refractivity contribution in [3.8, 4) is 5.75 Å². The summed E-state index contributed by atoms with van der Waals surface area (Å²) in [6.07, 6.45) is 5.30. The molecule has 20 heavy (non-hydrogen) atoms. The standard InChI is InChI=1S/C16H22ClNO2/c1-12-11-14(17)7-8-15(12)20-10-4-9-18-16(19)13-5-2-3-6-13/h7-8,11,13H,2-6,9-10H2,1H3,(H,18,19). The van der Waals surface area contributed by atoms with E-state index in [1.54, 1.807) is 0 Å². The lowest BCUT2D eigenvalue weighted by molar-refractivity contribution is -0.124. The highest BCUT2D eigenvalue weighted by atomic mass is 35.5. The molecule has 0 saturated heterocycles. The zero-order chi connectivity index (χ0) is 14.4. The molecular weight excluding hydrogens is 274 g/mol. The van der Waals surface area contributed by atoms with Crippen LogP contribution in [0.2, 0.25) is 5.02 Å². The summed E-state index contributed by atoms with van der Waals surface area (Å²) in [5.74, 6) is 1.32. The average Bonchev–Trinajstić information content (AvgIpc) is 2.94. The Morgan fingerprint density at radius 1 is 1.40 bits per heavy atom. The van der Waals surface area contributed by atoms with E-state index < -0.39 is 0 Å². The van der Waals surface area contributed by atoms with Crippen molar-refractivity contribution < 1.29 is 9.53 Å². The minimum Gasteiger partial charge on any atom is -0.493 e. The van der Waals surface area contributed by atoms with Crippen molar-refractivity contribution >= 4 is 17.5 Å². The highest BCUT2D eigenvalue weighted by Crippen LogP contribution is 2.24. The summed E-state index contributed by atoms with van der Waals surface area (Å²) in [5.41, 5.74) is 1.03. The molecule has 1 aliphatic carbocycles. The van der Waals surface area contributed by atoms with Gasteiger partial charge in [0, 0.05) is 17.5 Å². The van der Waals surface area contributed by atoms with E-state index in [0.29, 0.717) is 13.2 Å². The Morgan fingerprint density at radius 2 is 2.15 bits per heavy atom. The van der Waals surface area contributed by atoms with Gasteiger partial charge in [0.15, 0.2) is 0 Å². The van der Waals surface area contributed by atoms with Gasteiger partial charge in [0.2, 0.25) is 5.91 Å². The van der Waals surface area contributed by atoms with Gasteiger partial charge >= 0.3 is 0 Å². The van der Waals surface area contributed by atoms with Crippen LogP contribution in [0.1, 0.15) is 37.7 Å². The molecule has 4 heteroatoms. The first-order valence-electron chi connectivity index (χ1n) is 7.33. The van der Waals surface area contributed by atoms with E-state index in [0.717, 1.165) is 35.6 Å². The van der Waals surface area contributed by atoms with E-state index in [1.807, 2.05) is 25.1 Å². The number of benzene rings is 1. The Labute approximate surface area is 125 Å². The minimum atomic E-state index is 0.213. The van der Waals surface area contributed by atoms with Crippen molar-refractivity contribution in [3.05, 3.63) is 28.8 Å². The maximum absolute atomic E-state index is 11.8. The van der Waals surface area contributed by atoms with Crippen LogP contribution in [0.15, 0.2) is 18.2 Å². The van der Waals surface area contributed by atoms with Gasteiger partial charge in [-0.15, -0.1) is 0 Å². The van der Waals surface area contributed by atoms with Gasteiger partial charge in [0.05, 0.1) is 6.61 Å². The molecule has 1 N–H and O–H groups in total. The topological polar surface area (TPSA) is 38.3 Å². The first-order chi connectivity index (χ1) is 9.66. The van der Waals surface area contributed by atoms with Crippen LogP contribution in [0.5, 0.6) is 5.75 Å². The maximum Gasteiger partial charge on any atom is 0.223 e. The van der Waals surface area contributed by atoms with E-state index in [4.69, 9.17) is 16.3 Å². The molecule has 2 rings (SSSR count). The van der Waals surface area contributed by atoms with Gasteiger partial charge in [-0.1, -0.05) is 24.4 Å². The van der Waals surface area contributed by atoms with Gasteiger partial charge in [-0.3, -0.25) is 4.79 Å². The van der Waals surface area contributed by atoms with Gasteiger partial charge in [-0.2, -0.15) is 0 Å². The molecule has 0 radical (unpaired) electrons. The molecule has 1 aromatic rings. The Kier molecular flexibility index (Phi) is 5.72. The second-order valence-corrected chi connectivity index (χ2v) is 5.82. The van der Waals surface area contributed by atoms with Crippen LogP contribution in [0.25, 0.3) is 0 Å². The second-order valence-electron chi connectivity index (χ2n) is 5.38. The highest BCUT2D eigenvalue weighted by Gasteiger charge is 2.21. The van der Waals surface area contributed by atoms with Crippen molar-refractivity contribution in [1.82, 2.24) is 5.32 Å². The molecule has 1 aliphatic rings. The molecular formula is C16H22ClNO2. The van der Waals surface area contributed by atoms with E-state index >= 15 is 0 Å². The Balaban J connectivity index is 1.62. The summed E-state index contributed by atoms with van der Waals surface area (Å²) >= 11 is 5.89. The average molecular weight is 296 g/mol. The number of ether oxygens (including phenoxy) is 1. The monoisotopic (exact) mass is 295 g/mol. The SMILES string of the molecule is Cc1cc(Cl)ccc1OCCCNC(=O)C1CCCC1. The van der Waals surface area contributed by atoms with Crippen LogP contribution in [0.4, 0.5) is 0 Å². The van der Waals surface area contributed by atoms with E-state index in [2.05, 4.69) is 5.32 Å². The van der Waals surface area contributed by atoms with Gasteiger partial charge < -0.3 is 10.1 Å². The number of aryl methyl sites for hydroxylation is 1. The Bertz CT molecular complexity index is 456. The molecule has 0 atom stereocenters. The zero-order valence-electron chi connectivity index (χ0n) is 12.0. The molecule has 1 amide bonds. The van der Waals surface area contributed by atoms with Crippen LogP contribution in [0.3, 0.4) is 0 Å². The highest BCUT2D eigenvalue weighted by molar-refractivity contribution is 6.30. The number of carbonyl (C=O) groups is 1. The van der Waals surface area contributed by atoms with Crippen LogP contribution in [-0.4, -0.2) is 19.1 Å². The molecule has 3 nitrogen and oxygen atoms in total. The van der Waals surface area contributed by atoms with Crippen LogP contribution in [-0.2, 0) is 4.79 Å². The molecule has 0 bridgehead atoms. The third kappa shape index (κ3) is 4.41. The predicted octanol–water partition coefficient (Wildman–Crippen LogP) is 3.72. The van der Waals surface area contributed by atoms with Crippen molar-refractivity contribution in [2.45, 2.75) is 39.0 Å². The molecule has 1 saturated carbocycles. The van der Waals surface area contributed by atoms with E-state index in [1.165, 1.54) is 12.8 Å². The van der Waals surface area contributed by atoms with E-state index in [9.17, 15) is 4.79 Å². The first kappa shape index (κ1) is 15.2. The minimum absolute atomic E-state index is 0.213. The number of nitrogens with one attached hydrogen (secondary N) is 1. The normalized spacial score (nSPS) is 15.3. The number of hydrogen-bond donors (Lipinski definition) is 1. The lowest BCUT2D eigenvalue weighted by atomic mass is 10.1. The largest absolute Gasteiger partial charge is 0.493 e. The third-order valence-electron chi connectivity index (χ3n) is 3.74. The number of hydrogen-bond acceptors (Lipinski definition) is 2. The summed E-state index contributed by atoms with van der Waals surface area (Å²) in [5, 5.41) is 3.72. The van der Waals surface area contributed by atoms with Crippen molar-refractivity contribution in [2.24, 2.45) is 5.92 Å². The van der Waals surface area contributed by atoms with Crippen molar-refractivity contribution in [1.29, 1.82) is 0 Å².